The van der Waals surface area contributed by atoms with Gasteiger partial charge in [0, 0.05) is 18.9 Å². The molecule has 0 saturated heterocycles. The number of nitrogens with one attached hydrogen (secondary N) is 2. The van der Waals surface area contributed by atoms with E-state index in [-0.39, 0.29) is 30.7 Å². The highest BCUT2D eigenvalue weighted by Crippen LogP contribution is 2.18. The summed E-state index contributed by atoms with van der Waals surface area (Å²) < 4.78 is 0. The zero-order valence-electron chi connectivity index (χ0n) is 10.6. The molecule has 2 amide bonds. The maximum atomic E-state index is 11.5. The topological polar surface area (TPSA) is 95.5 Å². The van der Waals surface area contributed by atoms with Gasteiger partial charge in [0.25, 0.3) is 0 Å². The first-order valence-corrected chi connectivity index (χ1v) is 6.30. The molecule has 0 aliphatic heterocycles. The Bertz CT molecular complexity index is 326. The quantitative estimate of drug-likeness (QED) is 0.548. The molecule has 0 aromatic rings. The Balaban J connectivity index is 2.10. The smallest absolute Gasteiger partial charge is 0.303 e. The number of amides is 2. The fraction of sp³-hybridized carbons (Fsp3) is 0.750. The van der Waals surface area contributed by atoms with Crippen molar-refractivity contribution in [1.82, 2.24) is 10.6 Å². The summed E-state index contributed by atoms with van der Waals surface area (Å²) in [7, 11) is 0. The summed E-state index contributed by atoms with van der Waals surface area (Å²) in [4.78, 5) is 33.3. The number of hydrogen-bond donors (Lipinski definition) is 3. The van der Waals surface area contributed by atoms with Gasteiger partial charge in [-0.15, -0.1) is 0 Å². The molecule has 102 valence electrons. The van der Waals surface area contributed by atoms with Crippen LogP contribution in [0.3, 0.4) is 0 Å². The molecule has 1 saturated carbocycles. The van der Waals surface area contributed by atoms with Crippen molar-refractivity contribution < 1.29 is 19.5 Å². The van der Waals surface area contributed by atoms with Gasteiger partial charge in [0.1, 0.15) is 6.04 Å². The van der Waals surface area contributed by atoms with E-state index in [1.165, 1.54) is 0 Å². The molecule has 1 rings (SSSR count). The van der Waals surface area contributed by atoms with Gasteiger partial charge in [-0.25, -0.2) is 0 Å². The third kappa shape index (κ3) is 6.22. The number of carbonyl (C=O) groups excluding carboxylic acids is 2. The lowest BCUT2D eigenvalue weighted by molar-refractivity contribution is -0.137. The minimum atomic E-state index is -0.854. The van der Waals surface area contributed by atoms with Crippen molar-refractivity contribution in [3.8, 4) is 0 Å². The van der Waals surface area contributed by atoms with Crippen LogP contribution in [0.2, 0.25) is 0 Å². The minimum Gasteiger partial charge on any atom is -0.481 e. The first-order valence-electron chi connectivity index (χ1n) is 6.30. The van der Waals surface area contributed by atoms with Crippen LogP contribution < -0.4 is 10.6 Å². The molecule has 1 atom stereocenters. The van der Waals surface area contributed by atoms with Gasteiger partial charge in [-0.2, -0.15) is 0 Å². The Morgan fingerprint density at radius 2 is 1.83 bits per heavy atom. The van der Waals surface area contributed by atoms with Gasteiger partial charge in [0.05, 0.1) is 0 Å². The average Bonchev–Trinajstić information content (AvgIpc) is 3.07. The van der Waals surface area contributed by atoms with Gasteiger partial charge in [-0.1, -0.05) is 0 Å². The van der Waals surface area contributed by atoms with E-state index in [2.05, 4.69) is 10.6 Å². The molecule has 0 heterocycles. The van der Waals surface area contributed by atoms with E-state index in [0.29, 0.717) is 12.8 Å². The molecule has 1 aliphatic carbocycles. The lowest BCUT2D eigenvalue weighted by Crippen LogP contribution is -2.45. The number of unbranched alkanes of at least 4 members (excludes halogenated alkanes) is 1. The van der Waals surface area contributed by atoms with Crippen LogP contribution in [0.15, 0.2) is 0 Å². The largest absolute Gasteiger partial charge is 0.481 e. The molecule has 0 aromatic heterocycles. The zero-order valence-corrected chi connectivity index (χ0v) is 10.6. The summed E-state index contributed by atoms with van der Waals surface area (Å²) in [5.41, 5.74) is 0. The maximum Gasteiger partial charge on any atom is 0.303 e. The van der Waals surface area contributed by atoms with Crippen molar-refractivity contribution in [2.24, 2.45) is 0 Å². The number of rotatable bonds is 8. The minimum absolute atomic E-state index is 0.0744. The lowest BCUT2D eigenvalue weighted by Gasteiger charge is -2.13. The van der Waals surface area contributed by atoms with E-state index in [9.17, 15) is 14.4 Å². The summed E-state index contributed by atoms with van der Waals surface area (Å²) in [6, 6.07) is -0.245. The maximum absolute atomic E-state index is 11.5. The van der Waals surface area contributed by atoms with E-state index in [4.69, 9.17) is 5.11 Å². The molecule has 1 fully saturated rings. The number of aliphatic carboxylic acids is 1. The first-order chi connectivity index (χ1) is 8.49. The molecule has 0 spiro atoms. The van der Waals surface area contributed by atoms with Gasteiger partial charge < -0.3 is 15.7 Å². The number of carbonyl (C=O) groups is 3. The van der Waals surface area contributed by atoms with E-state index < -0.39 is 12.0 Å². The van der Waals surface area contributed by atoms with Crippen LogP contribution in [0.25, 0.3) is 0 Å². The molecule has 6 heteroatoms. The number of carboxylic acid groups (broad SMARTS) is 1. The Kier molecular flexibility index (Phi) is 5.61. The molecule has 0 radical (unpaired) electrons. The van der Waals surface area contributed by atoms with Crippen LogP contribution in [-0.2, 0) is 14.4 Å². The predicted octanol–water partition coefficient (Wildman–Crippen LogP) is 0.415. The summed E-state index contributed by atoms with van der Waals surface area (Å²) >= 11 is 0. The molecule has 0 aromatic carbocycles. The predicted molar refractivity (Wildman–Crippen MR) is 64.9 cm³/mol. The second kappa shape index (κ2) is 6.98. The van der Waals surface area contributed by atoms with Gasteiger partial charge in [0.15, 0.2) is 0 Å². The van der Waals surface area contributed by atoms with Crippen molar-refractivity contribution in [2.45, 2.75) is 57.5 Å². The normalized spacial score (nSPS) is 15.8. The first kappa shape index (κ1) is 14.5. The third-order valence-corrected chi connectivity index (χ3v) is 2.74. The molecular weight excluding hydrogens is 236 g/mol. The van der Waals surface area contributed by atoms with Crippen LogP contribution in [0.1, 0.15) is 45.4 Å². The van der Waals surface area contributed by atoms with E-state index >= 15 is 0 Å². The monoisotopic (exact) mass is 256 g/mol. The fourth-order valence-electron chi connectivity index (χ4n) is 1.49. The highest BCUT2D eigenvalue weighted by Gasteiger charge is 2.25. The fourth-order valence-corrected chi connectivity index (χ4v) is 1.49. The molecule has 18 heavy (non-hydrogen) atoms. The second-order valence-corrected chi connectivity index (χ2v) is 4.67. The summed E-state index contributed by atoms with van der Waals surface area (Å²) in [5.74, 6) is -1.22. The van der Waals surface area contributed by atoms with Crippen LogP contribution in [-0.4, -0.2) is 35.0 Å². The second-order valence-electron chi connectivity index (χ2n) is 4.67. The summed E-state index contributed by atoms with van der Waals surface area (Å²) in [5, 5.41) is 13.8. The molecule has 0 bridgehead atoms. The van der Waals surface area contributed by atoms with E-state index in [1.807, 2.05) is 0 Å². The van der Waals surface area contributed by atoms with E-state index in [0.717, 1.165) is 12.8 Å². The van der Waals surface area contributed by atoms with Crippen molar-refractivity contribution in [3.05, 3.63) is 0 Å². The van der Waals surface area contributed by atoms with Gasteiger partial charge >= 0.3 is 5.97 Å². The van der Waals surface area contributed by atoms with Gasteiger partial charge in [0.2, 0.25) is 11.8 Å². The molecule has 3 N–H and O–H groups in total. The van der Waals surface area contributed by atoms with Gasteiger partial charge in [-0.05, 0) is 32.6 Å². The Morgan fingerprint density at radius 3 is 2.39 bits per heavy atom. The van der Waals surface area contributed by atoms with Crippen LogP contribution in [0.5, 0.6) is 0 Å². The van der Waals surface area contributed by atoms with Crippen molar-refractivity contribution in [3.63, 3.8) is 0 Å². The Morgan fingerprint density at radius 1 is 1.22 bits per heavy atom. The summed E-state index contributed by atoms with van der Waals surface area (Å²) in [6.45, 7) is 1.65. The Hall–Kier alpha value is -1.59. The molecule has 1 aliphatic rings. The van der Waals surface area contributed by atoms with E-state index in [1.54, 1.807) is 6.92 Å². The number of carboxylic acids is 1. The third-order valence-electron chi connectivity index (χ3n) is 2.74. The highest BCUT2D eigenvalue weighted by molar-refractivity contribution is 5.87. The van der Waals surface area contributed by atoms with Crippen LogP contribution in [0, 0.1) is 0 Å². The zero-order chi connectivity index (χ0) is 13.5. The SMILES string of the molecule is CC(NC(=O)CCCCC(=O)O)C(=O)NC1CC1. The van der Waals surface area contributed by atoms with Crippen LogP contribution >= 0.6 is 0 Å². The molecular formula is C12H20N2O4. The highest BCUT2D eigenvalue weighted by atomic mass is 16.4. The number of hydrogen-bond acceptors (Lipinski definition) is 3. The van der Waals surface area contributed by atoms with Crippen LogP contribution in [0.4, 0.5) is 0 Å². The molecule has 6 nitrogen and oxygen atoms in total. The average molecular weight is 256 g/mol. The van der Waals surface area contributed by atoms with Crippen molar-refractivity contribution in [1.29, 1.82) is 0 Å². The Labute approximate surface area is 106 Å². The van der Waals surface area contributed by atoms with Gasteiger partial charge in [-0.3, -0.25) is 14.4 Å². The van der Waals surface area contributed by atoms with Crippen molar-refractivity contribution >= 4 is 17.8 Å². The summed E-state index contributed by atoms with van der Waals surface area (Å²) in [6.07, 6.45) is 3.36. The molecule has 1 unspecified atom stereocenters. The van der Waals surface area contributed by atoms with Crippen molar-refractivity contribution in [2.75, 3.05) is 0 Å². The standard InChI is InChI=1S/C12H20N2O4/c1-8(12(18)14-9-6-7-9)13-10(15)4-2-3-5-11(16)17/h8-9H,2-7H2,1H3,(H,13,15)(H,14,18)(H,16,17). The lowest BCUT2D eigenvalue weighted by atomic mass is 10.2.